The molecule has 112 valence electrons. The lowest BCUT2D eigenvalue weighted by Gasteiger charge is -2.09. The number of rotatable bonds is 6. The van der Waals surface area contributed by atoms with Crippen molar-refractivity contribution in [3.63, 3.8) is 0 Å². The Morgan fingerprint density at radius 3 is 2.71 bits per heavy atom. The molecular weight excluding hydrogens is 290 g/mol. The molecule has 0 radical (unpaired) electrons. The minimum absolute atomic E-state index is 0.148. The Bertz CT molecular complexity index is 700. The van der Waals surface area contributed by atoms with Crippen LogP contribution >= 0.6 is 0 Å². The maximum atomic E-state index is 12.1. The normalized spacial score (nSPS) is 11.1. The van der Waals surface area contributed by atoms with E-state index in [9.17, 15) is 8.42 Å². The summed E-state index contributed by atoms with van der Waals surface area (Å²) in [7, 11) is -3.52. The van der Waals surface area contributed by atoms with E-state index in [4.69, 9.17) is 10.5 Å². The van der Waals surface area contributed by atoms with Gasteiger partial charge in [-0.15, -0.1) is 0 Å². The highest BCUT2D eigenvalue weighted by Gasteiger charge is 2.12. The second kappa shape index (κ2) is 6.45. The predicted molar refractivity (Wildman–Crippen MR) is 82.5 cm³/mol. The van der Waals surface area contributed by atoms with Gasteiger partial charge in [0.05, 0.1) is 24.2 Å². The third-order valence-corrected chi connectivity index (χ3v) is 3.87. The average Bonchev–Trinajstić information content (AvgIpc) is 2.40. The van der Waals surface area contributed by atoms with Crippen molar-refractivity contribution < 1.29 is 13.2 Å². The van der Waals surface area contributed by atoms with Crippen molar-refractivity contribution in [1.29, 1.82) is 0 Å². The molecule has 3 N–H and O–H groups in total. The summed E-state index contributed by atoms with van der Waals surface area (Å²) in [4.78, 5) is 4.00. The predicted octanol–water partition coefficient (Wildman–Crippen LogP) is 2.00. The molecule has 1 heterocycles. The van der Waals surface area contributed by atoms with Crippen molar-refractivity contribution in [1.82, 2.24) is 4.98 Å². The van der Waals surface area contributed by atoms with Gasteiger partial charge in [-0.3, -0.25) is 4.72 Å². The number of hydrogen-bond acceptors (Lipinski definition) is 5. The summed E-state index contributed by atoms with van der Waals surface area (Å²) < 4.78 is 31.8. The molecule has 0 bridgehead atoms. The average molecular weight is 307 g/mol. The lowest BCUT2D eigenvalue weighted by Crippen LogP contribution is -2.15. The smallest absolute Gasteiger partial charge is 0.236 e. The summed E-state index contributed by atoms with van der Waals surface area (Å²) in [5.74, 6) is 0.307. The van der Waals surface area contributed by atoms with Crippen molar-refractivity contribution in [2.24, 2.45) is 0 Å². The maximum Gasteiger partial charge on any atom is 0.236 e. The SMILES string of the molecule is CCOc1ccc(NS(=O)(=O)Cc2cccc(N)c2)cn1. The zero-order chi connectivity index (χ0) is 15.3. The number of nitrogens with two attached hydrogens (primary N) is 1. The van der Waals surface area contributed by atoms with Gasteiger partial charge in [0, 0.05) is 11.8 Å². The number of nitrogens with one attached hydrogen (secondary N) is 1. The minimum Gasteiger partial charge on any atom is -0.478 e. The molecule has 2 rings (SSSR count). The highest BCUT2D eigenvalue weighted by atomic mass is 32.2. The van der Waals surface area contributed by atoms with Crippen molar-refractivity contribution >= 4 is 21.4 Å². The van der Waals surface area contributed by atoms with Gasteiger partial charge in [0.1, 0.15) is 0 Å². The summed E-state index contributed by atoms with van der Waals surface area (Å²) in [6, 6.07) is 10.00. The molecule has 0 saturated heterocycles. The molecule has 21 heavy (non-hydrogen) atoms. The number of aromatic nitrogens is 1. The van der Waals surface area contributed by atoms with Crippen LogP contribution in [0.15, 0.2) is 42.6 Å². The molecule has 7 heteroatoms. The van der Waals surface area contributed by atoms with Crippen molar-refractivity contribution in [2.75, 3.05) is 17.1 Å². The summed E-state index contributed by atoms with van der Waals surface area (Å²) in [6.45, 7) is 2.36. The fraction of sp³-hybridized carbons (Fsp3) is 0.214. The quantitative estimate of drug-likeness (QED) is 0.796. The number of hydrogen-bond donors (Lipinski definition) is 2. The molecule has 6 nitrogen and oxygen atoms in total. The first kappa shape index (κ1) is 15.1. The van der Waals surface area contributed by atoms with Gasteiger partial charge < -0.3 is 10.5 Å². The van der Waals surface area contributed by atoms with E-state index in [1.54, 1.807) is 36.4 Å². The van der Waals surface area contributed by atoms with Gasteiger partial charge in [0.25, 0.3) is 0 Å². The monoisotopic (exact) mass is 307 g/mol. The molecule has 1 aromatic heterocycles. The van der Waals surface area contributed by atoms with Crippen LogP contribution in [0.25, 0.3) is 0 Å². The van der Waals surface area contributed by atoms with Gasteiger partial charge >= 0.3 is 0 Å². The van der Waals surface area contributed by atoms with Crippen LogP contribution in [0, 0.1) is 0 Å². The van der Waals surface area contributed by atoms with E-state index in [1.807, 2.05) is 6.92 Å². The second-order valence-electron chi connectivity index (χ2n) is 4.42. The lowest BCUT2D eigenvalue weighted by molar-refractivity contribution is 0.327. The zero-order valence-corrected chi connectivity index (χ0v) is 12.4. The van der Waals surface area contributed by atoms with Gasteiger partial charge in [-0.1, -0.05) is 12.1 Å². The first-order chi connectivity index (χ1) is 9.98. The van der Waals surface area contributed by atoms with Crippen LogP contribution in [0.2, 0.25) is 0 Å². The number of ether oxygens (including phenoxy) is 1. The Balaban J connectivity index is 2.06. The van der Waals surface area contributed by atoms with Crippen LogP contribution in [0.1, 0.15) is 12.5 Å². The lowest BCUT2D eigenvalue weighted by atomic mass is 10.2. The van der Waals surface area contributed by atoms with Crippen molar-refractivity contribution in [3.8, 4) is 5.88 Å². The number of benzene rings is 1. The van der Waals surface area contributed by atoms with E-state index < -0.39 is 10.0 Å². The van der Waals surface area contributed by atoms with Crippen molar-refractivity contribution in [3.05, 3.63) is 48.2 Å². The first-order valence-electron chi connectivity index (χ1n) is 6.42. The summed E-state index contributed by atoms with van der Waals surface area (Å²) in [6.07, 6.45) is 1.42. The molecule has 2 aromatic rings. The van der Waals surface area contributed by atoms with E-state index >= 15 is 0 Å². The molecule has 0 amide bonds. The third kappa shape index (κ3) is 4.64. The Kier molecular flexibility index (Phi) is 4.64. The van der Waals surface area contributed by atoms with Crippen LogP contribution in [-0.2, 0) is 15.8 Å². The maximum absolute atomic E-state index is 12.1. The molecule has 0 spiro atoms. The van der Waals surface area contributed by atoms with Crippen LogP contribution < -0.4 is 15.2 Å². The van der Waals surface area contributed by atoms with Crippen LogP contribution in [0.4, 0.5) is 11.4 Å². The standard InChI is InChI=1S/C14H17N3O3S/c1-2-20-14-7-6-13(9-16-14)17-21(18,19)10-11-4-3-5-12(15)8-11/h3-9,17H,2,10,15H2,1H3. The Labute approximate surface area is 124 Å². The molecule has 0 aliphatic heterocycles. The second-order valence-corrected chi connectivity index (χ2v) is 6.15. The number of sulfonamides is 1. The van der Waals surface area contributed by atoms with Crippen LogP contribution in [0.3, 0.4) is 0 Å². The third-order valence-electron chi connectivity index (χ3n) is 2.61. The molecule has 0 aliphatic carbocycles. The highest BCUT2D eigenvalue weighted by molar-refractivity contribution is 7.91. The molecule has 0 aliphatic rings. The molecule has 0 unspecified atom stereocenters. The van der Waals surface area contributed by atoms with E-state index in [2.05, 4.69) is 9.71 Å². The Hall–Kier alpha value is -2.28. The largest absolute Gasteiger partial charge is 0.478 e. The number of nitrogens with zero attached hydrogens (tertiary/aromatic N) is 1. The van der Waals surface area contributed by atoms with Gasteiger partial charge in [-0.2, -0.15) is 0 Å². The van der Waals surface area contributed by atoms with Crippen LogP contribution in [-0.4, -0.2) is 20.0 Å². The van der Waals surface area contributed by atoms with E-state index in [0.29, 0.717) is 29.4 Å². The fourth-order valence-electron chi connectivity index (χ4n) is 1.79. The molecule has 0 saturated carbocycles. The Morgan fingerprint density at radius 2 is 2.10 bits per heavy atom. The van der Waals surface area contributed by atoms with Gasteiger partial charge in [-0.25, -0.2) is 13.4 Å². The minimum atomic E-state index is -3.52. The van der Waals surface area contributed by atoms with Crippen LogP contribution in [0.5, 0.6) is 5.88 Å². The number of anilines is 2. The number of nitrogen functional groups attached to an aromatic ring is 1. The van der Waals surface area contributed by atoms with Gasteiger partial charge in [0.2, 0.25) is 15.9 Å². The van der Waals surface area contributed by atoms with Gasteiger partial charge in [-0.05, 0) is 30.7 Å². The summed E-state index contributed by atoms with van der Waals surface area (Å²) in [5.41, 5.74) is 7.19. The van der Waals surface area contributed by atoms with E-state index in [-0.39, 0.29) is 5.75 Å². The van der Waals surface area contributed by atoms with Gasteiger partial charge in [0.15, 0.2) is 0 Å². The summed E-state index contributed by atoms with van der Waals surface area (Å²) in [5, 5.41) is 0. The van der Waals surface area contributed by atoms with E-state index in [1.165, 1.54) is 6.20 Å². The molecule has 0 atom stereocenters. The van der Waals surface area contributed by atoms with E-state index in [0.717, 1.165) is 0 Å². The molecular formula is C14H17N3O3S. The molecule has 0 fully saturated rings. The fourth-order valence-corrected chi connectivity index (χ4v) is 2.96. The molecule has 1 aromatic carbocycles. The van der Waals surface area contributed by atoms with Crippen molar-refractivity contribution in [2.45, 2.75) is 12.7 Å². The topological polar surface area (TPSA) is 94.3 Å². The zero-order valence-electron chi connectivity index (χ0n) is 11.6. The summed E-state index contributed by atoms with van der Waals surface area (Å²) >= 11 is 0. The highest BCUT2D eigenvalue weighted by Crippen LogP contribution is 2.16. The first-order valence-corrected chi connectivity index (χ1v) is 8.07. The number of pyridine rings is 1. The Morgan fingerprint density at radius 1 is 1.29 bits per heavy atom.